The predicted molar refractivity (Wildman–Crippen MR) is 96.1 cm³/mol. The average molecular weight is 350 g/mol. The highest BCUT2D eigenvalue weighted by Crippen LogP contribution is 2.41. The van der Waals surface area contributed by atoms with E-state index in [0.29, 0.717) is 25.2 Å². The first-order valence-corrected chi connectivity index (χ1v) is 9.06. The molecule has 6 heteroatoms. The highest BCUT2D eigenvalue weighted by molar-refractivity contribution is 5.95. The summed E-state index contributed by atoms with van der Waals surface area (Å²) >= 11 is 0. The molecular formula is C20H22N4O2. The van der Waals surface area contributed by atoms with Crippen molar-refractivity contribution in [2.45, 2.75) is 25.8 Å². The minimum Gasteiger partial charge on any atom is -0.338 e. The molecule has 0 aliphatic carbocycles. The van der Waals surface area contributed by atoms with Crippen molar-refractivity contribution in [2.75, 3.05) is 19.6 Å². The molecule has 4 rings (SSSR count). The first kappa shape index (κ1) is 16.7. The number of rotatable bonds is 3. The zero-order chi connectivity index (χ0) is 18.0. The van der Waals surface area contributed by atoms with Gasteiger partial charge in [0, 0.05) is 51.0 Å². The number of amides is 2. The molecule has 2 saturated heterocycles. The molecule has 4 heterocycles. The molecule has 1 spiro atoms. The van der Waals surface area contributed by atoms with Crippen molar-refractivity contribution in [1.82, 2.24) is 19.8 Å². The van der Waals surface area contributed by atoms with Crippen LogP contribution < -0.4 is 0 Å². The smallest absolute Gasteiger partial charge is 0.255 e. The van der Waals surface area contributed by atoms with Gasteiger partial charge in [0.1, 0.15) is 0 Å². The first-order valence-electron chi connectivity index (χ1n) is 9.06. The van der Waals surface area contributed by atoms with E-state index in [0.717, 1.165) is 31.4 Å². The maximum atomic E-state index is 13.1. The molecule has 2 aliphatic heterocycles. The standard InChI is InChI=1S/C20H22N4O2/c25-18(17-5-2-9-22-13-17)24-10-3-6-20(15-24)7-11-23(19(20)26)14-16-4-1-8-21-12-16/h1-2,4-5,8-9,12-13H,3,6-7,10-11,14-15H2/t20-/m1/s1. The summed E-state index contributed by atoms with van der Waals surface area (Å²) in [6.07, 6.45) is 9.31. The minimum atomic E-state index is -0.432. The fraction of sp³-hybridized carbons (Fsp3) is 0.400. The van der Waals surface area contributed by atoms with Gasteiger partial charge in [-0.25, -0.2) is 0 Å². The maximum Gasteiger partial charge on any atom is 0.255 e. The van der Waals surface area contributed by atoms with Crippen LogP contribution in [-0.4, -0.2) is 51.2 Å². The highest BCUT2D eigenvalue weighted by Gasteiger charge is 2.49. The second-order valence-electron chi connectivity index (χ2n) is 7.19. The summed E-state index contributed by atoms with van der Waals surface area (Å²) in [4.78, 5) is 37.8. The van der Waals surface area contributed by atoms with Crippen LogP contribution in [0.3, 0.4) is 0 Å². The molecule has 2 aromatic heterocycles. The second-order valence-corrected chi connectivity index (χ2v) is 7.19. The number of hydrogen-bond acceptors (Lipinski definition) is 4. The minimum absolute atomic E-state index is 0.0318. The summed E-state index contributed by atoms with van der Waals surface area (Å²) in [6, 6.07) is 7.43. The largest absolute Gasteiger partial charge is 0.338 e. The van der Waals surface area contributed by atoms with E-state index in [1.807, 2.05) is 21.9 Å². The van der Waals surface area contributed by atoms with Gasteiger partial charge in [-0.1, -0.05) is 6.07 Å². The van der Waals surface area contributed by atoms with Gasteiger partial charge in [0.05, 0.1) is 11.0 Å². The second kappa shape index (κ2) is 6.86. The van der Waals surface area contributed by atoms with Crippen LogP contribution >= 0.6 is 0 Å². The number of likely N-dealkylation sites (tertiary alicyclic amines) is 2. The van der Waals surface area contributed by atoms with E-state index in [9.17, 15) is 9.59 Å². The molecule has 0 saturated carbocycles. The quantitative estimate of drug-likeness (QED) is 0.851. The third-order valence-corrected chi connectivity index (χ3v) is 5.47. The van der Waals surface area contributed by atoms with Crippen LogP contribution in [0.15, 0.2) is 49.1 Å². The van der Waals surface area contributed by atoms with Crippen LogP contribution in [0.5, 0.6) is 0 Å². The highest BCUT2D eigenvalue weighted by atomic mass is 16.2. The van der Waals surface area contributed by atoms with Gasteiger partial charge in [0.15, 0.2) is 0 Å². The molecule has 2 fully saturated rings. The van der Waals surface area contributed by atoms with E-state index >= 15 is 0 Å². The fourth-order valence-corrected chi connectivity index (χ4v) is 4.11. The number of hydrogen-bond donors (Lipinski definition) is 0. The van der Waals surface area contributed by atoms with E-state index in [-0.39, 0.29) is 11.8 Å². The molecule has 26 heavy (non-hydrogen) atoms. The molecule has 1 atom stereocenters. The van der Waals surface area contributed by atoms with Gasteiger partial charge in [-0.3, -0.25) is 19.6 Å². The molecule has 0 aromatic carbocycles. The van der Waals surface area contributed by atoms with Gasteiger partial charge in [-0.2, -0.15) is 0 Å². The number of carbonyl (C=O) groups is 2. The van der Waals surface area contributed by atoms with Crippen molar-refractivity contribution < 1.29 is 9.59 Å². The van der Waals surface area contributed by atoms with Crippen molar-refractivity contribution in [3.8, 4) is 0 Å². The fourth-order valence-electron chi connectivity index (χ4n) is 4.11. The number of piperidine rings is 1. The number of pyridine rings is 2. The molecule has 0 N–H and O–H groups in total. The third-order valence-electron chi connectivity index (χ3n) is 5.47. The Morgan fingerprint density at radius 3 is 2.62 bits per heavy atom. The summed E-state index contributed by atoms with van der Waals surface area (Å²) < 4.78 is 0. The van der Waals surface area contributed by atoms with E-state index in [1.165, 1.54) is 0 Å². The van der Waals surface area contributed by atoms with Crippen LogP contribution in [0.2, 0.25) is 0 Å². The number of aromatic nitrogens is 2. The Balaban J connectivity index is 1.48. The lowest BCUT2D eigenvalue weighted by molar-refractivity contribution is -0.138. The van der Waals surface area contributed by atoms with Crippen LogP contribution in [0.1, 0.15) is 35.2 Å². The summed E-state index contributed by atoms with van der Waals surface area (Å²) in [5.41, 5.74) is 1.19. The topological polar surface area (TPSA) is 66.4 Å². The van der Waals surface area contributed by atoms with E-state index in [1.54, 1.807) is 36.9 Å². The van der Waals surface area contributed by atoms with Crippen molar-refractivity contribution in [2.24, 2.45) is 5.41 Å². The molecular weight excluding hydrogens is 328 g/mol. The average Bonchev–Trinajstić information content (AvgIpc) is 2.98. The van der Waals surface area contributed by atoms with E-state index in [4.69, 9.17) is 0 Å². The molecule has 0 radical (unpaired) electrons. The summed E-state index contributed by atoms with van der Waals surface area (Å²) in [5.74, 6) is 0.140. The van der Waals surface area contributed by atoms with Gasteiger partial charge in [-0.05, 0) is 43.0 Å². The van der Waals surface area contributed by atoms with E-state index in [2.05, 4.69) is 9.97 Å². The summed E-state index contributed by atoms with van der Waals surface area (Å²) in [6.45, 7) is 2.53. The maximum absolute atomic E-state index is 13.1. The predicted octanol–water partition coefficient (Wildman–Crippen LogP) is 2.13. The van der Waals surface area contributed by atoms with Crippen LogP contribution in [0.4, 0.5) is 0 Å². The van der Waals surface area contributed by atoms with Gasteiger partial charge in [0.25, 0.3) is 5.91 Å². The Morgan fingerprint density at radius 2 is 1.88 bits per heavy atom. The summed E-state index contributed by atoms with van der Waals surface area (Å²) in [5, 5.41) is 0. The molecule has 0 unspecified atom stereocenters. The Hall–Kier alpha value is -2.76. The lowest BCUT2D eigenvalue weighted by atomic mass is 9.78. The Labute approximate surface area is 152 Å². The zero-order valence-electron chi connectivity index (χ0n) is 14.7. The zero-order valence-corrected chi connectivity index (χ0v) is 14.7. The molecule has 2 amide bonds. The van der Waals surface area contributed by atoms with E-state index < -0.39 is 5.41 Å². The van der Waals surface area contributed by atoms with Crippen molar-refractivity contribution in [3.63, 3.8) is 0 Å². The van der Waals surface area contributed by atoms with Crippen molar-refractivity contribution in [1.29, 1.82) is 0 Å². The first-order chi connectivity index (χ1) is 12.7. The van der Waals surface area contributed by atoms with Crippen LogP contribution in [0, 0.1) is 5.41 Å². The normalized spacial score (nSPS) is 22.8. The van der Waals surface area contributed by atoms with Crippen LogP contribution in [-0.2, 0) is 11.3 Å². The molecule has 0 bridgehead atoms. The van der Waals surface area contributed by atoms with Gasteiger partial charge in [0.2, 0.25) is 5.91 Å². The van der Waals surface area contributed by atoms with Crippen LogP contribution in [0.25, 0.3) is 0 Å². The lowest BCUT2D eigenvalue weighted by Gasteiger charge is -2.39. The van der Waals surface area contributed by atoms with Gasteiger partial charge < -0.3 is 9.80 Å². The monoisotopic (exact) mass is 350 g/mol. The molecule has 134 valence electrons. The number of nitrogens with zero attached hydrogens (tertiary/aromatic N) is 4. The Morgan fingerprint density at radius 1 is 1.08 bits per heavy atom. The summed E-state index contributed by atoms with van der Waals surface area (Å²) in [7, 11) is 0. The Kier molecular flexibility index (Phi) is 4.41. The molecule has 2 aliphatic rings. The van der Waals surface area contributed by atoms with Crippen molar-refractivity contribution >= 4 is 11.8 Å². The van der Waals surface area contributed by atoms with Crippen molar-refractivity contribution in [3.05, 3.63) is 60.2 Å². The van der Waals surface area contributed by atoms with Gasteiger partial charge >= 0.3 is 0 Å². The SMILES string of the molecule is O=C(c1cccnc1)N1CCC[C@@]2(CCN(Cc3cccnc3)C2=O)C1. The third kappa shape index (κ3) is 3.07. The molecule has 6 nitrogen and oxygen atoms in total. The number of carbonyl (C=O) groups excluding carboxylic acids is 2. The Bertz CT molecular complexity index is 796. The lowest BCUT2D eigenvalue weighted by Crippen LogP contribution is -2.49. The van der Waals surface area contributed by atoms with Gasteiger partial charge in [-0.15, -0.1) is 0 Å². The molecule has 2 aromatic rings.